The smallest absolute Gasteiger partial charge is 0.306 e. The monoisotopic (exact) mass is 552 g/mol. The molecular formula is C31H40N2O5S. The molecule has 0 radical (unpaired) electrons. The van der Waals surface area contributed by atoms with Crippen molar-refractivity contribution in [2.24, 2.45) is 23.2 Å². The standard InChI is InChI=1S/C31H40N2O5S/c1-20-12-21-14-22(13-20)17-31(2,16-21)18-28(35)38-11-5-4-10-37-24-8-6-23(7-9-24)27-15-25(30(36)33-3)29(39-27)26(32)19-34/h6-9,15,19-22,32H,4-5,10-14,16-18H2,1-3H3,(H,33,36). The number of unbranched alkanes of at least 4 members (excludes halogenated alkanes) is 1. The molecule has 0 aliphatic heterocycles. The lowest BCUT2D eigenvalue weighted by molar-refractivity contribution is -0.148. The number of thiophene rings is 1. The van der Waals surface area contributed by atoms with Gasteiger partial charge in [0.15, 0.2) is 6.29 Å². The van der Waals surface area contributed by atoms with Gasteiger partial charge in [0, 0.05) is 11.9 Å². The number of nitrogens with one attached hydrogen (secondary N) is 2. The predicted octanol–water partition coefficient (Wildman–Crippen LogP) is 6.29. The van der Waals surface area contributed by atoms with Crippen molar-refractivity contribution in [2.45, 2.75) is 65.2 Å². The molecule has 1 aromatic heterocycles. The minimum Gasteiger partial charge on any atom is -0.494 e. The molecule has 2 aliphatic carbocycles. The third-order valence-corrected chi connectivity index (χ3v) is 9.27. The fraction of sp³-hybridized carbons (Fsp3) is 0.548. The van der Waals surface area contributed by atoms with Crippen LogP contribution >= 0.6 is 11.3 Å². The van der Waals surface area contributed by atoms with Gasteiger partial charge in [-0.2, -0.15) is 0 Å². The lowest BCUT2D eigenvalue weighted by Crippen LogP contribution is -2.37. The second-order valence-corrected chi connectivity index (χ2v) is 12.8. The normalized spacial score (nSPS) is 24.0. The van der Waals surface area contributed by atoms with Crippen molar-refractivity contribution in [1.29, 1.82) is 5.41 Å². The highest BCUT2D eigenvalue weighted by molar-refractivity contribution is 7.18. The molecule has 2 aliphatic rings. The highest BCUT2D eigenvalue weighted by Gasteiger charge is 2.42. The number of esters is 1. The number of benzene rings is 1. The topological polar surface area (TPSA) is 106 Å². The van der Waals surface area contributed by atoms with Crippen LogP contribution in [0, 0.1) is 28.6 Å². The summed E-state index contributed by atoms with van der Waals surface area (Å²) in [7, 11) is 1.52. The molecule has 1 heterocycles. The molecule has 2 fully saturated rings. The van der Waals surface area contributed by atoms with E-state index >= 15 is 0 Å². The van der Waals surface area contributed by atoms with Crippen LogP contribution in [0.15, 0.2) is 30.3 Å². The van der Waals surface area contributed by atoms with E-state index in [1.165, 1.54) is 37.6 Å². The summed E-state index contributed by atoms with van der Waals surface area (Å²) in [5.41, 5.74) is 1.07. The SMILES string of the molecule is CNC(=O)c1cc(-c2ccc(OCCCCOC(=O)CC3(C)CC4CC(C)CC(C4)C3)cc2)sc1C(=N)C=O. The van der Waals surface area contributed by atoms with Gasteiger partial charge >= 0.3 is 5.97 Å². The van der Waals surface area contributed by atoms with Crippen molar-refractivity contribution >= 4 is 35.2 Å². The van der Waals surface area contributed by atoms with Gasteiger partial charge in [-0.1, -0.05) is 13.8 Å². The molecular weight excluding hydrogens is 512 g/mol. The maximum atomic E-state index is 12.5. The van der Waals surface area contributed by atoms with E-state index in [9.17, 15) is 14.4 Å². The van der Waals surface area contributed by atoms with Gasteiger partial charge in [0.2, 0.25) is 0 Å². The third kappa shape index (κ3) is 7.56. The van der Waals surface area contributed by atoms with Crippen LogP contribution in [0.4, 0.5) is 0 Å². The van der Waals surface area contributed by atoms with Crippen LogP contribution in [0.3, 0.4) is 0 Å². The first-order valence-corrected chi connectivity index (χ1v) is 14.8. The van der Waals surface area contributed by atoms with Gasteiger partial charge < -0.3 is 14.8 Å². The Kier molecular flexibility index (Phi) is 9.59. The number of ether oxygens (including phenoxy) is 2. The van der Waals surface area contributed by atoms with E-state index in [0.717, 1.165) is 59.6 Å². The average Bonchev–Trinajstić information content (AvgIpc) is 3.34. The molecule has 8 heteroatoms. The average molecular weight is 553 g/mol. The summed E-state index contributed by atoms with van der Waals surface area (Å²) in [5, 5.41) is 10.4. The summed E-state index contributed by atoms with van der Waals surface area (Å²) in [4.78, 5) is 37.0. The number of rotatable bonds is 12. The van der Waals surface area contributed by atoms with Crippen molar-refractivity contribution in [2.75, 3.05) is 20.3 Å². The minimum atomic E-state index is -0.329. The zero-order chi connectivity index (χ0) is 28.0. The van der Waals surface area contributed by atoms with E-state index in [-0.39, 0.29) is 23.0 Å². The van der Waals surface area contributed by atoms with Crippen LogP contribution in [0.5, 0.6) is 5.75 Å². The molecule has 2 aromatic rings. The third-order valence-electron chi connectivity index (χ3n) is 8.05. The Balaban J connectivity index is 1.18. The molecule has 0 spiro atoms. The van der Waals surface area contributed by atoms with Crippen LogP contribution in [-0.2, 0) is 14.3 Å². The fourth-order valence-electron chi connectivity index (χ4n) is 6.64. The summed E-state index contributed by atoms with van der Waals surface area (Å²) < 4.78 is 11.4. The Morgan fingerprint density at radius 1 is 1.10 bits per heavy atom. The van der Waals surface area contributed by atoms with Crippen LogP contribution in [0.2, 0.25) is 0 Å². The summed E-state index contributed by atoms with van der Waals surface area (Å²) in [5.74, 6) is 2.71. The second kappa shape index (κ2) is 12.9. The first kappa shape index (κ1) is 29.0. The van der Waals surface area contributed by atoms with Gasteiger partial charge in [0.25, 0.3) is 5.91 Å². The van der Waals surface area contributed by atoms with E-state index in [4.69, 9.17) is 14.9 Å². The Morgan fingerprint density at radius 2 is 1.77 bits per heavy atom. The quantitative estimate of drug-likeness (QED) is 0.139. The molecule has 2 unspecified atom stereocenters. The minimum absolute atomic E-state index is 0.0679. The highest BCUT2D eigenvalue weighted by Crippen LogP contribution is 2.51. The molecule has 210 valence electrons. The zero-order valence-corrected chi connectivity index (χ0v) is 24.0. The van der Waals surface area contributed by atoms with Crippen LogP contribution in [-0.4, -0.2) is 44.1 Å². The van der Waals surface area contributed by atoms with Gasteiger partial charge in [-0.3, -0.25) is 19.8 Å². The Hall–Kier alpha value is -3.00. The number of carbonyl (C=O) groups excluding carboxylic acids is 3. The van der Waals surface area contributed by atoms with E-state index in [2.05, 4.69) is 19.2 Å². The summed E-state index contributed by atoms with van der Waals surface area (Å²) in [6.45, 7) is 5.59. The lowest BCUT2D eigenvalue weighted by Gasteiger charge is -2.47. The number of aldehydes is 1. The Labute approximate surface area is 235 Å². The molecule has 39 heavy (non-hydrogen) atoms. The van der Waals surface area contributed by atoms with Crippen molar-refractivity contribution in [1.82, 2.24) is 5.32 Å². The highest BCUT2D eigenvalue weighted by atomic mass is 32.1. The molecule has 2 N–H and O–H groups in total. The number of carbonyl (C=O) groups is 3. The first-order valence-electron chi connectivity index (χ1n) is 14.0. The maximum absolute atomic E-state index is 12.5. The zero-order valence-electron chi connectivity index (χ0n) is 23.2. The van der Waals surface area contributed by atoms with Gasteiger partial charge in [-0.15, -0.1) is 11.3 Å². The molecule has 2 saturated carbocycles. The summed E-state index contributed by atoms with van der Waals surface area (Å²) in [6.07, 6.45) is 8.79. The van der Waals surface area contributed by atoms with Gasteiger partial charge in [0.05, 0.1) is 30.1 Å². The molecule has 4 rings (SSSR count). The summed E-state index contributed by atoms with van der Waals surface area (Å²) in [6, 6.07) is 9.21. The van der Waals surface area contributed by atoms with Crippen molar-refractivity contribution in [3.8, 4) is 16.2 Å². The number of hydrogen-bond acceptors (Lipinski definition) is 7. The predicted molar refractivity (Wildman–Crippen MR) is 154 cm³/mol. The van der Waals surface area contributed by atoms with E-state index in [1.807, 2.05) is 24.3 Å². The Morgan fingerprint density at radius 3 is 2.41 bits per heavy atom. The van der Waals surface area contributed by atoms with Gasteiger partial charge in [-0.25, -0.2) is 0 Å². The second-order valence-electron chi connectivity index (χ2n) is 11.7. The molecule has 2 bridgehead atoms. The Bertz CT molecular complexity index is 1170. The van der Waals surface area contributed by atoms with Crippen LogP contribution in [0.25, 0.3) is 10.4 Å². The van der Waals surface area contributed by atoms with Crippen LogP contribution in [0.1, 0.15) is 80.4 Å². The van der Waals surface area contributed by atoms with Gasteiger partial charge in [0.1, 0.15) is 11.5 Å². The molecule has 0 saturated heterocycles. The van der Waals surface area contributed by atoms with Crippen molar-refractivity contribution in [3.63, 3.8) is 0 Å². The van der Waals surface area contributed by atoms with Crippen molar-refractivity contribution in [3.05, 3.63) is 40.8 Å². The van der Waals surface area contributed by atoms with E-state index in [0.29, 0.717) is 36.4 Å². The molecule has 7 nitrogen and oxygen atoms in total. The number of fused-ring (bicyclic) bond motifs is 2. The maximum Gasteiger partial charge on any atom is 0.306 e. The van der Waals surface area contributed by atoms with E-state index < -0.39 is 0 Å². The fourth-order valence-corrected chi connectivity index (χ4v) is 7.71. The molecule has 2 atom stereocenters. The van der Waals surface area contributed by atoms with Crippen molar-refractivity contribution < 1.29 is 23.9 Å². The number of hydrogen-bond donors (Lipinski definition) is 2. The van der Waals surface area contributed by atoms with Crippen LogP contribution < -0.4 is 10.1 Å². The lowest BCUT2D eigenvalue weighted by atomic mass is 9.58. The largest absolute Gasteiger partial charge is 0.494 e. The van der Waals surface area contributed by atoms with E-state index in [1.54, 1.807) is 6.07 Å². The molecule has 1 amide bonds. The number of amides is 1. The molecule has 1 aromatic carbocycles. The van der Waals surface area contributed by atoms with Gasteiger partial charge in [-0.05, 0) is 104 Å². The summed E-state index contributed by atoms with van der Waals surface area (Å²) >= 11 is 1.24. The first-order chi connectivity index (χ1) is 18.7.